The summed E-state index contributed by atoms with van der Waals surface area (Å²) in [5.41, 5.74) is 4.97. The highest BCUT2D eigenvalue weighted by molar-refractivity contribution is 5.96. The van der Waals surface area contributed by atoms with E-state index in [9.17, 15) is 14.0 Å². The molecule has 0 spiro atoms. The van der Waals surface area contributed by atoms with Crippen LogP contribution in [-0.2, 0) is 11.4 Å². The van der Waals surface area contributed by atoms with Crippen molar-refractivity contribution in [2.75, 3.05) is 12.4 Å². The Morgan fingerprint density at radius 1 is 1.00 bits per heavy atom. The van der Waals surface area contributed by atoms with Crippen LogP contribution in [0.1, 0.15) is 28.4 Å². The lowest BCUT2D eigenvalue weighted by Gasteiger charge is -2.11. The van der Waals surface area contributed by atoms with Gasteiger partial charge in [0.15, 0.2) is 11.5 Å². The first-order valence-corrected chi connectivity index (χ1v) is 9.71. The highest BCUT2D eigenvalue weighted by Gasteiger charge is 2.07. The van der Waals surface area contributed by atoms with Gasteiger partial charge in [-0.15, -0.1) is 0 Å². The van der Waals surface area contributed by atoms with Crippen LogP contribution in [0.4, 0.5) is 10.1 Å². The number of methoxy groups -OCH3 is 1. The Morgan fingerprint density at radius 3 is 2.38 bits per heavy atom. The lowest BCUT2D eigenvalue weighted by Crippen LogP contribution is -2.17. The highest BCUT2D eigenvalue weighted by atomic mass is 19.1. The third-order valence-electron chi connectivity index (χ3n) is 4.34. The van der Waals surface area contributed by atoms with Gasteiger partial charge in [0.1, 0.15) is 12.4 Å². The molecule has 0 fully saturated rings. The number of anilines is 1. The van der Waals surface area contributed by atoms with E-state index in [0.717, 1.165) is 5.56 Å². The highest BCUT2D eigenvalue weighted by Crippen LogP contribution is 2.28. The maximum absolute atomic E-state index is 13.0. The molecule has 2 amide bonds. The van der Waals surface area contributed by atoms with Gasteiger partial charge in [0, 0.05) is 18.2 Å². The fourth-order valence-electron chi connectivity index (χ4n) is 2.76. The zero-order chi connectivity index (χ0) is 22.9. The van der Waals surface area contributed by atoms with Gasteiger partial charge in [-0.3, -0.25) is 9.59 Å². The van der Waals surface area contributed by atoms with Gasteiger partial charge in [0.05, 0.1) is 13.3 Å². The largest absolute Gasteiger partial charge is 0.493 e. The summed E-state index contributed by atoms with van der Waals surface area (Å²) in [6, 6.07) is 17.7. The van der Waals surface area contributed by atoms with E-state index in [-0.39, 0.29) is 24.2 Å². The Balaban J connectivity index is 1.58. The minimum atomic E-state index is -0.387. The van der Waals surface area contributed by atoms with Crippen molar-refractivity contribution in [2.45, 2.75) is 13.5 Å². The molecule has 0 saturated carbocycles. The molecular formula is C24H22FN3O4. The van der Waals surface area contributed by atoms with Crippen molar-refractivity contribution < 1.29 is 23.5 Å². The van der Waals surface area contributed by atoms with Crippen LogP contribution in [0.15, 0.2) is 71.8 Å². The Labute approximate surface area is 184 Å². The average Bonchev–Trinajstić information content (AvgIpc) is 2.79. The van der Waals surface area contributed by atoms with Crippen LogP contribution >= 0.6 is 0 Å². The number of nitrogens with zero attached hydrogens (tertiary/aromatic N) is 1. The molecule has 0 unspecified atom stereocenters. The summed E-state index contributed by atoms with van der Waals surface area (Å²) >= 11 is 0. The van der Waals surface area contributed by atoms with Crippen LogP contribution in [0.2, 0.25) is 0 Å². The summed E-state index contributed by atoms with van der Waals surface area (Å²) in [6.07, 6.45) is 1.48. The molecule has 3 rings (SSSR count). The van der Waals surface area contributed by atoms with Crippen LogP contribution in [0, 0.1) is 5.82 Å². The van der Waals surface area contributed by atoms with Crippen molar-refractivity contribution in [1.29, 1.82) is 0 Å². The number of halogens is 1. The second kappa shape index (κ2) is 10.7. The molecule has 8 heteroatoms. The van der Waals surface area contributed by atoms with Gasteiger partial charge < -0.3 is 14.8 Å². The number of hydrogen-bond donors (Lipinski definition) is 2. The number of amides is 2. The van der Waals surface area contributed by atoms with Gasteiger partial charge in [-0.2, -0.15) is 5.10 Å². The van der Waals surface area contributed by atoms with Gasteiger partial charge in [-0.25, -0.2) is 9.82 Å². The van der Waals surface area contributed by atoms with E-state index in [1.54, 1.807) is 54.6 Å². The molecule has 7 nitrogen and oxygen atoms in total. The first kappa shape index (κ1) is 22.5. The molecule has 0 aliphatic rings. The van der Waals surface area contributed by atoms with Gasteiger partial charge in [0.25, 0.3) is 5.91 Å². The van der Waals surface area contributed by atoms with E-state index in [2.05, 4.69) is 15.8 Å². The zero-order valence-electron chi connectivity index (χ0n) is 17.6. The van der Waals surface area contributed by atoms with Crippen molar-refractivity contribution in [3.05, 3.63) is 89.2 Å². The normalized spacial score (nSPS) is 10.6. The molecule has 3 aromatic carbocycles. The second-order valence-electron chi connectivity index (χ2n) is 6.78. The smallest absolute Gasteiger partial charge is 0.271 e. The minimum absolute atomic E-state index is 0.186. The third kappa shape index (κ3) is 6.40. The fraction of sp³-hybridized carbons (Fsp3) is 0.125. The maximum Gasteiger partial charge on any atom is 0.271 e. The van der Waals surface area contributed by atoms with E-state index < -0.39 is 0 Å². The molecule has 32 heavy (non-hydrogen) atoms. The summed E-state index contributed by atoms with van der Waals surface area (Å²) in [6.45, 7) is 1.68. The molecule has 0 atom stereocenters. The Hall–Kier alpha value is -4.20. The number of rotatable bonds is 8. The summed E-state index contributed by atoms with van der Waals surface area (Å²) in [5.74, 6) is 0.147. The van der Waals surface area contributed by atoms with Crippen LogP contribution in [0.3, 0.4) is 0 Å². The predicted molar refractivity (Wildman–Crippen MR) is 120 cm³/mol. The Kier molecular flexibility index (Phi) is 7.53. The van der Waals surface area contributed by atoms with E-state index in [0.29, 0.717) is 28.3 Å². The van der Waals surface area contributed by atoms with Crippen molar-refractivity contribution in [2.24, 2.45) is 5.10 Å². The summed E-state index contributed by atoms with van der Waals surface area (Å²) in [5, 5.41) is 6.60. The zero-order valence-corrected chi connectivity index (χ0v) is 17.6. The van der Waals surface area contributed by atoms with Crippen LogP contribution in [-0.4, -0.2) is 25.1 Å². The van der Waals surface area contributed by atoms with E-state index >= 15 is 0 Å². The number of hydrazone groups is 1. The molecule has 0 radical (unpaired) electrons. The van der Waals surface area contributed by atoms with E-state index in [1.165, 1.54) is 32.4 Å². The molecule has 2 N–H and O–H groups in total. The van der Waals surface area contributed by atoms with Crippen molar-refractivity contribution >= 4 is 23.7 Å². The lowest BCUT2D eigenvalue weighted by molar-refractivity contribution is -0.114. The van der Waals surface area contributed by atoms with Crippen molar-refractivity contribution in [3.63, 3.8) is 0 Å². The topological polar surface area (TPSA) is 89.0 Å². The Morgan fingerprint density at radius 2 is 1.72 bits per heavy atom. The summed E-state index contributed by atoms with van der Waals surface area (Å²) < 4.78 is 24.1. The monoisotopic (exact) mass is 435 g/mol. The maximum atomic E-state index is 13.0. The predicted octanol–water partition coefficient (Wildman–Crippen LogP) is 4.14. The first-order chi connectivity index (χ1) is 15.4. The van der Waals surface area contributed by atoms with E-state index in [4.69, 9.17) is 9.47 Å². The van der Waals surface area contributed by atoms with E-state index in [1.807, 2.05) is 0 Å². The standard InChI is InChI=1S/C24H22FN3O4/c1-16(29)27-21-10-6-19(7-11-21)24(30)28-26-14-18-5-12-22(23(13-18)31-2)32-15-17-3-8-20(25)9-4-17/h3-14H,15H2,1-2H3,(H,27,29)(H,28,30)/b26-14-. The molecule has 0 aliphatic heterocycles. The summed E-state index contributed by atoms with van der Waals surface area (Å²) in [7, 11) is 1.52. The van der Waals surface area contributed by atoms with Crippen molar-refractivity contribution in [3.8, 4) is 11.5 Å². The average molecular weight is 435 g/mol. The quantitative estimate of drug-likeness (QED) is 0.411. The number of ether oxygens (including phenoxy) is 2. The molecule has 0 saturated heterocycles. The number of carbonyl (C=O) groups excluding carboxylic acids is 2. The summed E-state index contributed by atoms with van der Waals surface area (Å²) in [4.78, 5) is 23.3. The number of benzene rings is 3. The molecule has 0 heterocycles. The fourth-order valence-corrected chi connectivity index (χ4v) is 2.76. The molecule has 0 aliphatic carbocycles. The minimum Gasteiger partial charge on any atom is -0.493 e. The van der Waals surface area contributed by atoms with Gasteiger partial charge in [-0.05, 0) is 65.7 Å². The lowest BCUT2D eigenvalue weighted by atomic mass is 10.2. The van der Waals surface area contributed by atoms with Crippen LogP contribution in [0.5, 0.6) is 11.5 Å². The number of carbonyl (C=O) groups is 2. The molecule has 0 bridgehead atoms. The number of nitrogens with one attached hydrogen (secondary N) is 2. The second-order valence-corrected chi connectivity index (χ2v) is 6.78. The molecule has 164 valence electrons. The van der Waals surface area contributed by atoms with Gasteiger partial charge in [-0.1, -0.05) is 12.1 Å². The van der Waals surface area contributed by atoms with Gasteiger partial charge in [0.2, 0.25) is 5.91 Å². The molecule has 0 aromatic heterocycles. The van der Waals surface area contributed by atoms with Crippen LogP contribution in [0.25, 0.3) is 0 Å². The molecule has 3 aromatic rings. The Bertz CT molecular complexity index is 1110. The number of hydrogen-bond acceptors (Lipinski definition) is 5. The SMILES string of the molecule is COc1cc(/C=N\NC(=O)c2ccc(NC(C)=O)cc2)ccc1OCc1ccc(F)cc1. The van der Waals surface area contributed by atoms with Crippen LogP contribution < -0.4 is 20.2 Å². The van der Waals surface area contributed by atoms with Crippen molar-refractivity contribution in [1.82, 2.24) is 5.43 Å². The van der Waals surface area contributed by atoms with Gasteiger partial charge >= 0.3 is 0 Å². The molecular weight excluding hydrogens is 413 g/mol. The first-order valence-electron chi connectivity index (χ1n) is 9.71. The third-order valence-corrected chi connectivity index (χ3v) is 4.34.